The summed E-state index contributed by atoms with van der Waals surface area (Å²) in [6.07, 6.45) is 7.18. The Hall–Kier alpha value is -5.01. The van der Waals surface area contributed by atoms with Gasteiger partial charge < -0.3 is 4.42 Å². The summed E-state index contributed by atoms with van der Waals surface area (Å²) in [4.78, 5) is 0. The molecule has 4 heteroatoms. The van der Waals surface area contributed by atoms with Gasteiger partial charge in [-0.1, -0.05) is 42.5 Å². The molecular weight excluding hydrogens is 502 g/mol. The number of aromatic nitrogens is 2. The van der Waals surface area contributed by atoms with Crippen molar-refractivity contribution in [2.45, 2.75) is 38.1 Å². The molecule has 3 aromatic heterocycles. The predicted molar refractivity (Wildman–Crippen MR) is 161 cm³/mol. The lowest BCUT2D eigenvalue weighted by atomic mass is 9.77. The molecule has 0 saturated heterocycles. The summed E-state index contributed by atoms with van der Waals surface area (Å²) in [5.41, 5.74) is 11.8. The van der Waals surface area contributed by atoms with E-state index < -0.39 is 0 Å². The Morgan fingerprint density at radius 2 is 1.73 bits per heavy atom. The Labute approximate surface area is 239 Å². The number of furan rings is 1. The van der Waals surface area contributed by atoms with Gasteiger partial charge in [-0.25, -0.2) is 0 Å². The Kier molecular flexibility index (Phi) is 5.24. The Balaban J connectivity index is 1.39. The number of hydrogen-bond donors (Lipinski definition) is 0. The lowest BCUT2D eigenvalue weighted by molar-refractivity contribution is -0.720. The lowest BCUT2D eigenvalue weighted by Gasteiger charge is -2.31. The quantitative estimate of drug-likeness (QED) is 0.188. The van der Waals surface area contributed by atoms with Gasteiger partial charge in [-0.3, -0.25) is 0 Å². The van der Waals surface area contributed by atoms with E-state index >= 15 is 0 Å². The summed E-state index contributed by atoms with van der Waals surface area (Å²) in [5.74, 6) is 0.331. The van der Waals surface area contributed by atoms with E-state index in [1.54, 1.807) is 0 Å². The summed E-state index contributed by atoms with van der Waals surface area (Å²) in [7, 11) is 0. The molecule has 0 fully saturated rings. The monoisotopic (exact) mass is 531 g/mol. The molecular formula is C37H29N3O+2. The van der Waals surface area contributed by atoms with E-state index in [2.05, 4.69) is 108 Å². The third-order valence-electron chi connectivity index (χ3n) is 9.08. The molecule has 0 aliphatic carbocycles. The van der Waals surface area contributed by atoms with Crippen LogP contribution in [0.1, 0.15) is 47.1 Å². The van der Waals surface area contributed by atoms with Gasteiger partial charge >= 0.3 is 0 Å². The molecule has 2 atom stereocenters. The minimum atomic E-state index is 0.252. The van der Waals surface area contributed by atoms with Gasteiger partial charge in [0.25, 0.3) is 0 Å². The maximum Gasteiger partial charge on any atom is 0.222 e. The second kappa shape index (κ2) is 9.01. The summed E-state index contributed by atoms with van der Waals surface area (Å²) in [6, 6.07) is 32.6. The van der Waals surface area contributed by atoms with Crippen molar-refractivity contribution >= 4 is 27.6 Å². The van der Waals surface area contributed by atoms with Gasteiger partial charge in [0.1, 0.15) is 11.7 Å². The van der Waals surface area contributed by atoms with Crippen molar-refractivity contribution in [1.82, 2.24) is 0 Å². The van der Waals surface area contributed by atoms with E-state index in [9.17, 15) is 5.26 Å². The van der Waals surface area contributed by atoms with Gasteiger partial charge in [0, 0.05) is 46.0 Å². The molecule has 41 heavy (non-hydrogen) atoms. The predicted octanol–water partition coefficient (Wildman–Crippen LogP) is 7.82. The summed E-state index contributed by atoms with van der Waals surface area (Å²) in [5, 5.41) is 11.8. The Bertz CT molecular complexity index is 2090. The van der Waals surface area contributed by atoms with E-state index in [0.29, 0.717) is 17.1 Å². The first kappa shape index (κ1) is 23.8. The molecule has 0 bridgehead atoms. The van der Waals surface area contributed by atoms with Gasteiger partial charge in [0.2, 0.25) is 11.4 Å². The molecule has 2 aliphatic heterocycles. The number of para-hydroxylation sites is 1. The highest BCUT2D eigenvalue weighted by Crippen LogP contribution is 2.45. The smallest absolute Gasteiger partial charge is 0.222 e. The third-order valence-corrected chi connectivity index (χ3v) is 9.08. The molecule has 196 valence electrons. The van der Waals surface area contributed by atoms with Crippen LogP contribution < -0.4 is 9.13 Å². The second-order valence-corrected chi connectivity index (χ2v) is 11.4. The largest absolute Gasteiger partial charge is 0.454 e. The van der Waals surface area contributed by atoms with Crippen LogP contribution in [0.2, 0.25) is 0 Å². The van der Waals surface area contributed by atoms with Crippen LogP contribution in [-0.2, 0) is 6.42 Å². The van der Waals surface area contributed by atoms with Crippen LogP contribution >= 0.6 is 0 Å². The summed E-state index contributed by atoms with van der Waals surface area (Å²) < 4.78 is 11.3. The van der Waals surface area contributed by atoms with Crippen molar-refractivity contribution in [2.24, 2.45) is 0 Å². The fourth-order valence-electron chi connectivity index (χ4n) is 7.23. The highest BCUT2D eigenvalue weighted by atomic mass is 16.3. The van der Waals surface area contributed by atoms with Crippen LogP contribution in [0.4, 0.5) is 0 Å². The number of pyridine rings is 2. The molecule has 0 amide bonds. The van der Waals surface area contributed by atoms with Crippen LogP contribution in [0.25, 0.3) is 50.2 Å². The zero-order valence-electron chi connectivity index (χ0n) is 23.0. The Morgan fingerprint density at radius 1 is 0.878 bits per heavy atom. The highest BCUT2D eigenvalue weighted by Gasteiger charge is 2.42. The van der Waals surface area contributed by atoms with Crippen molar-refractivity contribution in [3.8, 4) is 28.6 Å². The van der Waals surface area contributed by atoms with Crippen molar-refractivity contribution in [3.05, 3.63) is 126 Å². The van der Waals surface area contributed by atoms with E-state index in [4.69, 9.17) is 4.42 Å². The number of nitriles is 1. The second-order valence-electron chi connectivity index (χ2n) is 11.4. The van der Waals surface area contributed by atoms with Gasteiger partial charge in [-0.15, -0.1) is 0 Å². The molecule has 2 aliphatic rings. The summed E-state index contributed by atoms with van der Waals surface area (Å²) in [6.45, 7) is 6.85. The molecule has 0 saturated carbocycles. The minimum Gasteiger partial charge on any atom is -0.454 e. The van der Waals surface area contributed by atoms with Crippen molar-refractivity contribution < 1.29 is 13.6 Å². The number of aryl methyl sites for hydroxylation is 2. The maximum atomic E-state index is 9.79. The topological polar surface area (TPSA) is 44.7 Å². The first-order valence-electron chi connectivity index (χ1n) is 14.3. The first-order chi connectivity index (χ1) is 20.1. The highest BCUT2D eigenvalue weighted by molar-refractivity contribution is 6.11. The lowest BCUT2D eigenvalue weighted by Crippen LogP contribution is -2.49. The fourth-order valence-corrected chi connectivity index (χ4v) is 7.23. The number of fused-ring (bicyclic) bond motifs is 13. The van der Waals surface area contributed by atoms with E-state index in [1.165, 1.54) is 27.9 Å². The van der Waals surface area contributed by atoms with E-state index in [-0.39, 0.29) is 6.04 Å². The van der Waals surface area contributed by atoms with Gasteiger partial charge in [-0.05, 0) is 61.7 Å². The third kappa shape index (κ3) is 3.52. The molecule has 0 N–H and O–H groups in total. The first-order valence-corrected chi connectivity index (χ1v) is 14.3. The van der Waals surface area contributed by atoms with E-state index in [0.717, 1.165) is 52.6 Å². The summed E-state index contributed by atoms with van der Waals surface area (Å²) >= 11 is 0. The van der Waals surface area contributed by atoms with Crippen molar-refractivity contribution in [3.63, 3.8) is 0 Å². The molecule has 0 spiro atoms. The molecule has 8 rings (SSSR count). The molecule has 6 aromatic rings. The normalized spacial score (nSPS) is 17.6. The zero-order valence-corrected chi connectivity index (χ0v) is 23.0. The zero-order chi connectivity index (χ0) is 27.7. The Morgan fingerprint density at radius 3 is 2.63 bits per heavy atom. The molecule has 5 heterocycles. The molecule has 3 aromatic carbocycles. The minimum absolute atomic E-state index is 0.252. The molecule has 2 unspecified atom stereocenters. The van der Waals surface area contributed by atoms with Gasteiger partial charge in [-0.2, -0.15) is 14.4 Å². The average molecular weight is 532 g/mol. The molecule has 0 radical (unpaired) electrons. The average Bonchev–Trinajstić information content (AvgIpc) is 3.39. The SMILES string of the molecule is C=C1CC2C(CCc3ccc4c(oc5c(C#N)cccc54)c3-c3cccc[n+]31)c1ccccc1-c1ccc(C)c[n+]12. The standard InChI is InChI=1S/C37H29N3O/c1-23-13-18-32-28-10-4-3-9-27(28)29-16-14-25-15-17-31-30-11-7-8-26(21-38)36(30)41-37(31)35(25)33-12-5-6-19-39(33)24(2)20-34(29)40(32)22-23/h3-13,15,17-19,22,29,34H,2,14,16,20H2,1H3/q+2. The number of nitrogens with zero attached hydrogens (tertiary/aromatic N) is 3. The van der Waals surface area contributed by atoms with Crippen LogP contribution in [0, 0.1) is 18.3 Å². The van der Waals surface area contributed by atoms with Crippen LogP contribution in [0.15, 0.2) is 108 Å². The van der Waals surface area contributed by atoms with Crippen LogP contribution in [0.3, 0.4) is 0 Å². The van der Waals surface area contributed by atoms with Crippen molar-refractivity contribution in [2.75, 3.05) is 0 Å². The van der Waals surface area contributed by atoms with Crippen molar-refractivity contribution in [1.29, 1.82) is 5.26 Å². The number of rotatable bonds is 0. The molecule has 4 nitrogen and oxygen atoms in total. The van der Waals surface area contributed by atoms with Gasteiger partial charge in [0.05, 0.1) is 17.5 Å². The fraction of sp³-hybridized carbons (Fsp3) is 0.162. The van der Waals surface area contributed by atoms with Gasteiger partial charge in [0.15, 0.2) is 29.7 Å². The number of allylic oxidation sites excluding steroid dienone is 1. The van der Waals surface area contributed by atoms with Crippen LogP contribution in [0.5, 0.6) is 0 Å². The van der Waals surface area contributed by atoms with E-state index in [1.807, 2.05) is 18.2 Å². The number of hydrogen-bond acceptors (Lipinski definition) is 2. The maximum absolute atomic E-state index is 9.79. The van der Waals surface area contributed by atoms with Crippen LogP contribution in [-0.4, -0.2) is 0 Å². The number of benzene rings is 3.